The smallest absolute Gasteiger partial charge is 0.172 e. The number of benzene rings is 9. The zero-order chi connectivity index (χ0) is 38.2. The molecular formula is C55H35NO2. The van der Waals surface area contributed by atoms with Crippen molar-refractivity contribution >= 4 is 17.1 Å². The third-order valence-electron chi connectivity index (χ3n) is 12.1. The van der Waals surface area contributed by atoms with Gasteiger partial charge in [0.1, 0.15) is 0 Å². The number of anilines is 3. The predicted molar refractivity (Wildman–Crippen MR) is 235 cm³/mol. The molecule has 0 aromatic heterocycles. The van der Waals surface area contributed by atoms with Crippen LogP contribution in [0, 0.1) is 0 Å². The average Bonchev–Trinajstić information content (AvgIpc) is 3.75. The van der Waals surface area contributed by atoms with Gasteiger partial charge in [-0.05, 0) is 115 Å². The third kappa shape index (κ3) is 4.74. The van der Waals surface area contributed by atoms with E-state index in [2.05, 4.69) is 211 Å². The molecule has 0 saturated heterocycles. The maximum atomic E-state index is 6.92. The summed E-state index contributed by atoms with van der Waals surface area (Å²) in [7, 11) is 0. The summed E-state index contributed by atoms with van der Waals surface area (Å²) in [6.45, 7) is 0. The fourth-order valence-electron chi connectivity index (χ4n) is 9.71. The lowest BCUT2D eigenvalue weighted by Gasteiger charge is -2.31. The number of nitrogens with zero attached hydrogens (tertiary/aromatic N) is 1. The van der Waals surface area contributed by atoms with Gasteiger partial charge in [-0.15, -0.1) is 0 Å². The van der Waals surface area contributed by atoms with Crippen LogP contribution in [0.25, 0.3) is 44.5 Å². The lowest BCUT2D eigenvalue weighted by atomic mass is 9.70. The van der Waals surface area contributed by atoms with E-state index in [1.54, 1.807) is 0 Å². The lowest BCUT2D eigenvalue weighted by Crippen LogP contribution is -2.25. The van der Waals surface area contributed by atoms with Crippen molar-refractivity contribution in [2.75, 3.05) is 4.90 Å². The van der Waals surface area contributed by atoms with Crippen LogP contribution in [0.3, 0.4) is 0 Å². The highest BCUT2D eigenvalue weighted by molar-refractivity contribution is 5.96. The van der Waals surface area contributed by atoms with E-state index in [4.69, 9.17) is 9.47 Å². The van der Waals surface area contributed by atoms with Crippen molar-refractivity contribution in [1.82, 2.24) is 0 Å². The van der Waals surface area contributed by atoms with Gasteiger partial charge in [0, 0.05) is 17.4 Å². The average molecular weight is 742 g/mol. The van der Waals surface area contributed by atoms with Crippen LogP contribution in [-0.2, 0) is 5.41 Å². The summed E-state index contributed by atoms with van der Waals surface area (Å²) >= 11 is 0. The van der Waals surface area contributed by atoms with Crippen molar-refractivity contribution in [1.29, 1.82) is 0 Å². The van der Waals surface area contributed by atoms with E-state index < -0.39 is 5.41 Å². The van der Waals surface area contributed by atoms with Gasteiger partial charge < -0.3 is 14.4 Å². The van der Waals surface area contributed by atoms with Crippen LogP contribution in [0.1, 0.15) is 22.3 Å². The van der Waals surface area contributed by atoms with Crippen molar-refractivity contribution in [2.45, 2.75) is 5.41 Å². The van der Waals surface area contributed by atoms with E-state index in [9.17, 15) is 0 Å². The molecule has 1 heterocycles. The molecule has 0 unspecified atom stereocenters. The van der Waals surface area contributed by atoms with Crippen LogP contribution in [0.15, 0.2) is 212 Å². The molecule has 9 aromatic carbocycles. The summed E-state index contributed by atoms with van der Waals surface area (Å²) in [6, 6.07) is 75.8. The Morgan fingerprint density at radius 2 is 0.707 bits per heavy atom. The summed E-state index contributed by atoms with van der Waals surface area (Å²) < 4.78 is 13.6. The molecule has 0 saturated carbocycles. The molecule has 0 N–H and O–H groups in total. The molecule has 3 heteroatoms. The Morgan fingerprint density at radius 3 is 1.33 bits per heavy atom. The van der Waals surface area contributed by atoms with Crippen LogP contribution in [0.2, 0.25) is 0 Å². The molecule has 9 aromatic rings. The maximum absolute atomic E-state index is 6.92. The van der Waals surface area contributed by atoms with Gasteiger partial charge >= 0.3 is 0 Å². The molecule has 58 heavy (non-hydrogen) atoms. The quantitative estimate of drug-likeness (QED) is 0.175. The van der Waals surface area contributed by atoms with E-state index >= 15 is 0 Å². The van der Waals surface area contributed by atoms with Crippen molar-refractivity contribution in [2.24, 2.45) is 0 Å². The minimum Gasteiger partial charge on any atom is -0.449 e. The molecule has 2 aliphatic carbocycles. The Morgan fingerprint density at radius 1 is 0.276 bits per heavy atom. The van der Waals surface area contributed by atoms with Gasteiger partial charge in [0.05, 0.1) is 11.1 Å². The highest BCUT2D eigenvalue weighted by Crippen LogP contribution is 2.64. The second-order valence-electron chi connectivity index (χ2n) is 15.2. The van der Waals surface area contributed by atoms with Crippen LogP contribution in [0.5, 0.6) is 23.0 Å². The van der Waals surface area contributed by atoms with Gasteiger partial charge in [0.15, 0.2) is 23.0 Å². The van der Waals surface area contributed by atoms with Crippen molar-refractivity contribution in [3.8, 4) is 67.5 Å². The fourth-order valence-corrected chi connectivity index (χ4v) is 9.71. The van der Waals surface area contributed by atoms with E-state index in [1.807, 2.05) is 6.07 Å². The largest absolute Gasteiger partial charge is 0.449 e. The van der Waals surface area contributed by atoms with Crippen LogP contribution in [0.4, 0.5) is 17.1 Å². The Bertz CT molecular complexity index is 3020. The lowest BCUT2D eigenvalue weighted by molar-refractivity contribution is 0.359. The van der Waals surface area contributed by atoms with E-state index in [0.29, 0.717) is 17.2 Å². The van der Waals surface area contributed by atoms with Gasteiger partial charge in [-0.25, -0.2) is 0 Å². The van der Waals surface area contributed by atoms with Gasteiger partial charge in [0.25, 0.3) is 0 Å². The van der Waals surface area contributed by atoms with E-state index in [0.717, 1.165) is 28.4 Å². The Balaban J connectivity index is 0.951. The van der Waals surface area contributed by atoms with Crippen molar-refractivity contribution in [3.05, 3.63) is 235 Å². The molecule has 0 atom stereocenters. The second-order valence-corrected chi connectivity index (χ2v) is 15.2. The molecule has 1 spiro atoms. The molecule has 0 amide bonds. The Labute approximate surface area is 337 Å². The first-order chi connectivity index (χ1) is 28.8. The zero-order valence-electron chi connectivity index (χ0n) is 31.5. The second kappa shape index (κ2) is 12.7. The predicted octanol–water partition coefficient (Wildman–Crippen LogP) is 14.7. The maximum Gasteiger partial charge on any atom is 0.172 e. The summed E-state index contributed by atoms with van der Waals surface area (Å²) in [5.74, 6) is 2.80. The normalized spacial score (nSPS) is 13.2. The van der Waals surface area contributed by atoms with Gasteiger partial charge in [0.2, 0.25) is 0 Å². The van der Waals surface area contributed by atoms with Gasteiger partial charge in [-0.1, -0.05) is 158 Å². The first-order valence-corrected chi connectivity index (χ1v) is 19.8. The summed E-state index contributed by atoms with van der Waals surface area (Å²) in [5, 5.41) is 0. The highest BCUT2D eigenvalue weighted by atomic mass is 16.6. The number of hydrogen-bond acceptors (Lipinski definition) is 3. The van der Waals surface area contributed by atoms with Crippen LogP contribution < -0.4 is 14.4 Å². The molecule has 272 valence electrons. The number of ether oxygens (including phenoxy) is 2. The standard InChI is InChI=1S/C55H35NO2/c1-3-15-36(16-4-1)41-19-7-8-20-42(41)37-27-29-39(30-28-37)56(38-17-5-2-6-18-38)40-31-32-51-52(33-40)58-54-35-50-46(34-53(54)57-51)45-23-11-14-26-49(45)55(50)47-24-12-9-21-43(47)44-22-10-13-25-48(44)55/h1-35H. The zero-order valence-corrected chi connectivity index (χ0v) is 31.5. The monoisotopic (exact) mass is 741 g/mol. The van der Waals surface area contributed by atoms with E-state index in [1.165, 1.54) is 61.2 Å². The Hall–Kier alpha value is -7.62. The molecule has 0 bridgehead atoms. The number of para-hydroxylation sites is 1. The SMILES string of the molecule is c1ccc(-c2ccccc2-c2ccc(N(c3ccccc3)c3ccc4c(c3)Oc3cc5c(cc3O4)-c3ccccc3C53c4ccccc4-c4ccccc43)cc2)cc1. The topological polar surface area (TPSA) is 21.7 Å². The molecule has 3 aliphatic rings. The van der Waals surface area contributed by atoms with Crippen LogP contribution in [-0.4, -0.2) is 0 Å². The molecule has 0 radical (unpaired) electrons. The first-order valence-electron chi connectivity index (χ1n) is 19.8. The van der Waals surface area contributed by atoms with Crippen molar-refractivity contribution in [3.63, 3.8) is 0 Å². The highest BCUT2D eigenvalue weighted by Gasteiger charge is 2.52. The van der Waals surface area contributed by atoms with Gasteiger partial charge in [-0.3, -0.25) is 0 Å². The van der Waals surface area contributed by atoms with Crippen LogP contribution >= 0.6 is 0 Å². The number of fused-ring (bicyclic) bond motifs is 12. The minimum absolute atomic E-state index is 0.461. The minimum atomic E-state index is -0.461. The van der Waals surface area contributed by atoms with E-state index in [-0.39, 0.29) is 0 Å². The van der Waals surface area contributed by atoms with Crippen molar-refractivity contribution < 1.29 is 9.47 Å². The third-order valence-corrected chi connectivity index (χ3v) is 12.1. The summed E-state index contributed by atoms with van der Waals surface area (Å²) in [5.41, 5.74) is 17.4. The summed E-state index contributed by atoms with van der Waals surface area (Å²) in [4.78, 5) is 2.27. The summed E-state index contributed by atoms with van der Waals surface area (Å²) in [6.07, 6.45) is 0. The molecular weight excluding hydrogens is 707 g/mol. The molecule has 0 fully saturated rings. The molecule has 1 aliphatic heterocycles. The number of rotatable bonds is 5. The number of hydrogen-bond donors (Lipinski definition) is 0. The fraction of sp³-hybridized carbons (Fsp3) is 0.0182. The molecule has 3 nitrogen and oxygen atoms in total. The molecule has 12 rings (SSSR count). The van der Waals surface area contributed by atoms with Gasteiger partial charge in [-0.2, -0.15) is 0 Å². The Kier molecular flexibility index (Phi) is 7.14. The first kappa shape index (κ1) is 32.6.